The number of nitrogens with two attached hydrogens (primary N) is 1. The molecular weight excluding hydrogens is 364 g/mol. The van der Waals surface area contributed by atoms with Crippen LogP contribution in [-0.2, 0) is 10.3 Å². The van der Waals surface area contributed by atoms with Crippen molar-refractivity contribution in [2.45, 2.75) is 31.0 Å². The Morgan fingerprint density at radius 1 is 1.22 bits per heavy atom. The molecule has 0 unspecified atom stereocenters. The van der Waals surface area contributed by atoms with Crippen LogP contribution in [0.2, 0.25) is 0 Å². The van der Waals surface area contributed by atoms with E-state index in [0.717, 1.165) is 0 Å². The first kappa shape index (κ1) is 19.2. The highest BCUT2D eigenvalue weighted by Crippen LogP contribution is 2.40. The molecule has 1 aliphatic heterocycles. The predicted molar refractivity (Wildman–Crippen MR) is 88.2 cm³/mol. The molecule has 142 valence electrons. The van der Waals surface area contributed by atoms with Gasteiger partial charge in [0.1, 0.15) is 12.1 Å². The second-order valence-corrected chi connectivity index (χ2v) is 6.55. The topological polar surface area (TPSA) is 64.3 Å². The quantitative estimate of drug-likeness (QED) is 0.468. The Kier molecular flexibility index (Phi) is 5.15. The largest absolute Gasteiger partial charge is 0.416 e. The Morgan fingerprint density at radius 3 is 2.56 bits per heavy atom. The monoisotopic (exact) mass is 380 g/mol. The Labute approximate surface area is 153 Å². The molecule has 3 rings (SSSR count). The second-order valence-electron chi connectivity index (χ2n) is 6.55. The molecule has 0 amide bonds. The molecule has 1 aromatic heterocycles. The van der Waals surface area contributed by atoms with Crippen LogP contribution in [0.1, 0.15) is 30.0 Å². The number of halogens is 4. The predicted octanol–water partition coefficient (Wildman–Crippen LogP) is 2.72. The van der Waals surface area contributed by atoms with Crippen molar-refractivity contribution in [3.8, 4) is 11.8 Å². The van der Waals surface area contributed by atoms with E-state index in [9.17, 15) is 17.6 Å². The van der Waals surface area contributed by atoms with Crippen LogP contribution in [0.5, 0.6) is 0 Å². The number of hydrogen-bond acceptors (Lipinski definition) is 5. The normalized spacial score (nSPS) is 23.6. The molecule has 5 nitrogen and oxygen atoms in total. The molecule has 0 aliphatic carbocycles. The number of hydroxylamine groups is 1. The molecule has 1 aromatic carbocycles. The molecular formula is C18H16F4N4O. The molecule has 2 atom stereocenters. The number of nitrogens with zero attached hydrogens (tertiary/aromatic N) is 3. The first-order valence-corrected chi connectivity index (χ1v) is 8.00. The third kappa shape index (κ3) is 4.42. The highest BCUT2D eigenvalue weighted by atomic mass is 19.4. The van der Waals surface area contributed by atoms with Gasteiger partial charge < -0.3 is 0 Å². The summed E-state index contributed by atoms with van der Waals surface area (Å²) in [5.41, 5.74) is -0.0854. The minimum atomic E-state index is -4.61. The zero-order valence-electron chi connectivity index (χ0n) is 14.3. The summed E-state index contributed by atoms with van der Waals surface area (Å²) >= 11 is 0. The van der Waals surface area contributed by atoms with Crippen molar-refractivity contribution in [2.75, 3.05) is 6.54 Å². The van der Waals surface area contributed by atoms with Gasteiger partial charge in [-0.15, -0.1) is 5.17 Å². The zero-order chi connectivity index (χ0) is 19.7. The van der Waals surface area contributed by atoms with Gasteiger partial charge >= 0.3 is 6.18 Å². The lowest BCUT2D eigenvalue weighted by molar-refractivity contribution is -0.327. The van der Waals surface area contributed by atoms with Crippen molar-refractivity contribution < 1.29 is 22.4 Å². The van der Waals surface area contributed by atoms with Gasteiger partial charge in [0.15, 0.2) is 6.10 Å². The number of benzene rings is 1. The van der Waals surface area contributed by atoms with Crippen LogP contribution in [0.15, 0.2) is 36.9 Å². The van der Waals surface area contributed by atoms with E-state index in [2.05, 4.69) is 26.6 Å². The SMILES string of the molecule is C[C@@]1(c2cc(C#Cc3cncnc3)ccc2F)C[C@@H](C(F)(F)F)ON(N)C1. The number of rotatable bonds is 1. The summed E-state index contributed by atoms with van der Waals surface area (Å²) in [6, 6.07) is 4.09. The summed E-state index contributed by atoms with van der Waals surface area (Å²) in [5, 5.41) is 0.612. The van der Waals surface area contributed by atoms with Crippen LogP contribution in [0.4, 0.5) is 17.6 Å². The van der Waals surface area contributed by atoms with Gasteiger partial charge in [-0.25, -0.2) is 20.2 Å². The third-order valence-electron chi connectivity index (χ3n) is 4.30. The van der Waals surface area contributed by atoms with Crippen molar-refractivity contribution in [3.63, 3.8) is 0 Å². The molecule has 9 heteroatoms. The highest BCUT2D eigenvalue weighted by Gasteiger charge is 2.50. The van der Waals surface area contributed by atoms with Gasteiger partial charge in [0.25, 0.3) is 0 Å². The van der Waals surface area contributed by atoms with Gasteiger partial charge in [0.2, 0.25) is 0 Å². The Bertz CT molecular complexity index is 878. The Morgan fingerprint density at radius 2 is 1.89 bits per heavy atom. The number of alkyl halides is 3. The molecule has 1 saturated heterocycles. The average Bonchev–Trinajstić information content (AvgIpc) is 2.60. The average molecular weight is 380 g/mol. The van der Waals surface area contributed by atoms with Crippen LogP contribution in [0, 0.1) is 17.7 Å². The maximum Gasteiger partial charge on any atom is 0.416 e. The van der Waals surface area contributed by atoms with Crippen molar-refractivity contribution in [3.05, 3.63) is 59.4 Å². The van der Waals surface area contributed by atoms with Gasteiger partial charge in [0.05, 0.1) is 5.56 Å². The Hall–Kier alpha value is -2.54. The first-order valence-electron chi connectivity index (χ1n) is 8.00. The van der Waals surface area contributed by atoms with E-state index in [1.54, 1.807) is 0 Å². The second kappa shape index (κ2) is 7.23. The number of hydrazine groups is 1. The van der Waals surface area contributed by atoms with Crippen molar-refractivity contribution in [1.29, 1.82) is 0 Å². The van der Waals surface area contributed by atoms with E-state index < -0.39 is 29.9 Å². The fourth-order valence-electron chi connectivity index (χ4n) is 3.00. The van der Waals surface area contributed by atoms with Gasteiger partial charge in [0, 0.05) is 29.9 Å². The van der Waals surface area contributed by atoms with Crippen LogP contribution < -0.4 is 5.84 Å². The van der Waals surface area contributed by atoms with E-state index in [0.29, 0.717) is 16.3 Å². The summed E-state index contributed by atoms with van der Waals surface area (Å²) in [6.45, 7) is 1.43. The maximum atomic E-state index is 14.5. The lowest BCUT2D eigenvalue weighted by Gasteiger charge is -2.42. The molecule has 1 fully saturated rings. The zero-order valence-corrected chi connectivity index (χ0v) is 14.3. The summed E-state index contributed by atoms with van der Waals surface area (Å²) in [4.78, 5) is 12.3. The van der Waals surface area contributed by atoms with Crippen molar-refractivity contribution in [1.82, 2.24) is 15.1 Å². The van der Waals surface area contributed by atoms with E-state index in [1.165, 1.54) is 43.8 Å². The molecule has 27 heavy (non-hydrogen) atoms. The van der Waals surface area contributed by atoms with Crippen molar-refractivity contribution in [2.24, 2.45) is 5.84 Å². The van der Waals surface area contributed by atoms with Gasteiger partial charge in [-0.1, -0.05) is 18.8 Å². The Balaban J connectivity index is 1.95. The minimum absolute atomic E-state index is 0.0973. The van der Waals surface area contributed by atoms with Crippen LogP contribution >= 0.6 is 0 Å². The first-order chi connectivity index (χ1) is 12.7. The fraction of sp³-hybridized carbons (Fsp3) is 0.333. The third-order valence-corrected chi connectivity index (χ3v) is 4.30. The van der Waals surface area contributed by atoms with Crippen molar-refractivity contribution >= 4 is 0 Å². The minimum Gasteiger partial charge on any atom is -0.271 e. The van der Waals surface area contributed by atoms with E-state index in [4.69, 9.17) is 5.84 Å². The lowest BCUT2D eigenvalue weighted by Crippen LogP contribution is -2.55. The van der Waals surface area contributed by atoms with Crippen LogP contribution in [0.25, 0.3) is 0 Å². The fourth-order valence-corrected chi connectivity index (χ4v) is 3.00. The number of hydrogen-bond donors (Lipinski definition) is 1. The van der Waals surface area contributed by atoms with E-state index >= 15 is 0 Å². The highest BCUT2D eigenvalue weighted by molar-refractivity contribution is 5.44. The molecule has 2 heterocycles. The van der Waals surface area contributed by atoms with Gasteiger partial charge in [-0.2, -0.15) is 13.2 Å². The molecule has 0 spiro atoms. The molecule has 0 bridgehead atoms. The molecule has 0 radical (unpaired) electrons. The molecule has 1 aliphatic rings. The summed E-state index contributed by atoms with van der Waals surface area (Å²) in [7, 11) is 0. The number of aromatic nitrogens is 2. The van der Waals surface area contributed by atoms with Gasteiger partial charge in [-0.05, 0) is 30.2 Å². The molecule has 0 saturated carbocycles. The lowest BCUT2D eigenvalue weighted by atomic mass is 9.76. The van der Waals surface area contributed by atoms with E-state index in [-0.39, 0.29) is 12.1 Å². The molecule has 2 aromatic rings. The van der Waals surface area contributed by atoms with Gasteiger partial charge in [-0.3, -0.25) is 4.84 Å². The van der Waals surface area contributed by atoms with Crippen LogP contribution in [-0.4, -0.2) is 34.0 Å². The summed E-state index contributed by atoms with van der Waals surface area (Å²) in [6.07, 6.45) is -2.78. The smallest absolute Gasteiger partial charge is 0.271 e. The summed E-state index contributed by atoms with van der Waals surface area (Å²) in [5.74, 6) is 10.6. The van der Waals surface area contributed by atoms with Crippen LogP contribution in [0.3, 0.4) is 0 Å². The van der Waals surface area contributed by atoms with E-state index in [1.807, 2.05) is 0 Å². The molecule has 2 N–H and O–H groups in total. The standard InChI is InChI=1S/C18H16F4N4O/c1-17(7-16(18(20,21)22)27-26(23)10-17)14-6-12(4-5-15(14)19)2-3-13-8-24-11-25-9-13/h4-6,8-9,11,16H,7,10,23H2,1H3/t16-,17+/m0/s1. The maximum absolute atomic E-state index is 14.5. The summed E-state index contributed by atoms with van der Waals surface area (Å²) < 4.78 is 53.8.